The van der Waals surface area contributed by atoms with Gasteiger partial charge in [-0.15, -0.1) is 0 Å². The molecule has 9 aromatic carbocycles. The predicted molar refractivity (Wildman–Crippen MR) is 251 cm³/mol. The molecule has 1 aromatic heterocycles. The zero-order valence-corrected chi connectivity index (χ0v) is 34.0. The monoisotopic (exact) mass is 807 g/mol. The Kier molecular flexibility index (Phi) is 8.64. The fourth-order valence-electron chi connectivity index (χ4n) is 9.35. The summed E-state index contributed by atoms with van der Waals surface area (Å²) in [6, 6.07) is 77.9. The van der Waals surface area contributed by atoms with E-state index in [0.717, 1.165) is 50.1 Å². The van der Waals surface area contributed by atoms with Crippen molar-refractivity contribution in [3.05, 3.63) is 247 Å². The summed E-state index contributed by atoms with van der Waals surface area (Å²) in [4.78, 5) is 15.4. The van der Waals surface area contributed by atoms with Gasteiger partial charge in [-0.2, -0.15) is 0 Å². The van der Waals surface area contributed by atoms with Gasteiger partial charge in [-0.25, -0.2) is 15.0 Å². The molecule has 0 N–H and O–H groups in total. The molecular weight excluding hydrogens is 771 g/mol. The molecular formula is C58H37N3O2. The van der Waals surface area contributed by atoms with Gasteiger partial charge in [-0.1, -0.05) is 200 Å². The molecule has 0 saturated carbocycles. The maximum absolute atomic E-state index is 6.98. The van der Waals surface area contributed by atoms with Gasteiger partial charge in [0.25, 0.3) is 0 Å². The zero-order chi connectivity index (χ0) is 41.7. The van der Waals surface area contributed by atoms with Gasteiger partial charge in [0.1, 0.15) is 0 Å². The highest BCUT2D eigenvalue weighted by Crippen LogP contribution is 2.60. The van der Waals surface area contributed by atoms with Crippen molar-refractivity contribution < 1.29 is 9.47 Å². The number of aromatic nitrogens is 3. The van der Waals surface area contributed by atoms with Crippen LogP contribution < -0.4 is 9.47 Å². The minimum Gasteiger partial charge on any atom is -0.449 e. The number of hydrogen-bond acceptors (Lipinski definition) is 5. The summed E-state index contributed by atoms with van der Waals surface area (Å²) < 4.78 is 13.9. The van der Waals surface area contributed by atoms with Crippen LogP contribution >= 0.6 is 0 Å². The normalized spacial score (nSPS) is 12.8. The Bertz CT molecular complexity index is 3160. The first kappa shape index (κ1) is 36.4. The van der Waals surface area contributed by atoms with Crippen molar-refractivity contribution in [3.8, 4) is 90.5 Å². The van der Waals surface area contributed by atoms with Crippen molar-refractivity contribution in [1.82, 2.24) is 15.0 Å². The lowest BCUT2D eigenvalue weighted by atomic mass is 9.67. The minimum atomic E-state index is -0.564. The highest BCUT2D eigenvalue weighted by molar-refractivity contribution is 5.89. The van der Waals surface area contributed by atoms with Crippen LogP contribution in [0.25, 0.3) is 67.5 Å². The lowest BCUT2D eigenvalue weighted by molar-refractivity contribution is 0.360. The van der Waals surface area contributed by atoms with E-state index in [2.05, 4.69) is 194 Å². The summed E-state index contributed by atoms with van der Waals surface area (Å²) in [5.74, 6) is 4.02. The lowest BCUT2D eigenvalue weighted by Gasteiger charge is -2.34. The Morgan fingerprint density at radius 2 is 0.730 bits per heavy atom. The van der Waals surface area contributed by atoms with Crippen LogP contribution in [0.1, 0.15) is 22.3 Å². The number of rotatable bonds is 7. The van der Waals surface area contributed by atoms with E-state index in [1.54, 1.807) is 0 Å². The molecule has 0 fully saturated rings. The Balaban J connectivity index is 0.985. The molecule has 10 aromatic rings. The molecule has 0 unspecified atom stereocenters. The van der Waals surface area contributed by atoms with Gasteiger partial charge in [0.15, 0.2) is 40.5 Å². The van der Waals surface area contributed by atoms with Crippen molar-refractivity contribution in [1.29, 1.82) is 0 Å². The molecule has 2 aliphatic rings. The molecule has 0 spiro atoms. The summed E-state index contributed by atoms with van der Waals surface area (Å²) >= 11 is 0. The molecule has 296 valence electrons. The van der Waals surface area contributed by atoms with Crippen molar-refractivity contribution in [3.63, 3.8) is 0 Å². The lowest BCUT2D eigenvalue weighted by Crippen LogP contribution is -2.28. The fourth-order valence-corrected chi connectivity index (χ4v) is 9.35. The van der Waals surface area contributed by atoms with E-state index < -0.39 is 5.41 Å². The van der Waals surface area contributed by atoms with Gasteiger partial charge in [-0.3, -0.25) is 0 Å². The molecule has 0 radical (unpaired) electrons. The molecule has 63 heavy (non-hydrogen) atoms. The average molecular weight is 808 g/mol. The Morgan fingerprint density at radius 1 is 0.286 bits per heavy atom. The number of hydrogen-bond donors (Lipinski definition) is 0. The van der Waals surface area contributed by atoms with E-state index in [1.165, 1.54) is 16.7 Å². The maximum atomic E-state index is 6.98. The molecule has 1 aliphatic heterocycles. The number of ether oxygens (including phenoxy) is 2. The first-order valence-corrected chi connectivity index (χ1v) is 21.2. The fraction of sp³-hybridized carbons (Fsp3) is 0.0172. The van der Waals surface area contributed by atoms with Crippen molar-refractivity contribution in [2.24, 2.45) is 0 Å². The maximum Gasteiger partial charge on any atom is 0.181 e. The molecule has 0 amide bonds. The number of para-hydroxylation sites is 1. The Hall–Kier alpha value is -8.41. The molecule has 5 nitrogen and oxygen atoms in total. The van der Waals surface area contributed by atoms with E-state index in [0.29, 0.717) is 46.0 Å². The molecule has 1 aliphatic carbocycles. The van der Waals surface area contributed by atoms with Crippen molar-refractivity contribution in [2.45, 2.75) is 5.41 Å². The first-order chi connectivity index (χ1) is 31.2. The Morgan fingerprint density at radius 3 is 1.30 bits per heavy atom. The van der Waals surface area contributed by atoms with Gasteiger partial charge >= 0.3 is 0 Å². The summed E-state index contributed by atoms with van der Waals surface area (Å²) in [6.45, 7) is 0. The van der Waals surface area contributed by atoms with Crippen LogP contribution in [0.15, 0.2) is 224 Å². The third kappa shape index (κ3) is 6.13. The number of benzene rings is 9. The van der Waals surface area contributed by atoms with Crippen LogP contribution in [-0.2, 0) is 5.41 Å². The topological polar surface area (TPSA) is 57.1 Å². The minimum absolute atomic E-state index is 0.483. The third-order valence-electron chi connectivity index (χ3n) is 12.3. The van der Waals surface area contributed by atoms with Gasteiger partial charge in [0, 0.05) is 11.1 Å². The predicted octanol–water partition coefficient (Wildman–Crippen LogP) is 14.5. The van der Waals surface area contributed by atoms with Crippen molar-refractivity contribution in [2.75, 3.05) is 0 Å². The number of nitrogens with zero attached hydrogens (tertiary/aromatic N) is 3. The van der Waals surface area contributed by atoms with Crippen LogP contribution in [0.3, 0.4) is 0 Å². The van der Waals surface area contributed by atoms with Crippen molar-refractivity contribution >= 4 is 0 Å². The molecule has 5 heteroatoms. The van der Waals surface area contributed by atoms with E-state index >= 15 is 0 Å². The molecule has 0 bridgehead atoms. The standard InChI is InChI=1S/C58H37N3O2/c1-5-16-38(17-6-1)40-28-32-42(33-29-40)55-59-56(43-34-30-41(31-35-43)39-18-7-2-8-19-39)61-57(60-55)47-25-15-27-51-54(47)63-52-36-48-46-24-13-14-26-49(46)58(44-20-9-3-10-21-44,45-22-11-4-12-23-45)50(48)37-53(52)62-51/h1-37H. The van der Waals surface area contributed by atoms with E-state index in [9.17, 15) is 0 Å². The van der Waals surface area contributed by atoms with Crippen LogP contribution in [-0.4, -0.2) is 15.0 Å². The second-order valence-electron chi connectivity index (χ2n) is 15.9. The van der Waals surface area contributed by atoms with E-state index in [4.69, 9.17) is 24.4 Å². The Labute approximate surface area is 365 Å². The highest BCUT2D eigenvalue weighted by atomic mass is 16.6. The molecule has 2 heterocycles. The molecule has 12 rings (SSSR count). The van der Waals surface area contributed by atoms with Crippen LogP contribution in [0, 0.1) is 0 Å². The summed E-state index contributed by atoms with van der Waals surface area (Å²) in [7, 11) is 0. The van der Waals surface area contributed by atoms with Gasteiger partial charge < -0.3 is 9.47 Å². The molecule has 0 atom stereocenters. The SMILES string of the molecule is c1ccc(-c2ccc(-c3nc(-c4ccc(-c5ccccc5)cc4)nc(-c4cccc5c4Oc4cc6c(cc4O5)C(c4ccccc4)(c4ccccc4)c4ccccc4-6)n3)cc2)cc1. The average Bonchev–Trinajstić information content (AvgIpc) is 3.65. The smallest absolute Gasteiger partial charge is 0.181 e. The summed E-state index contributed by atoms with van der Waals surface area (Å²) in [6.07, 6.45) is 0. The zero-order valence-electron chi connectivity index (χ0n) is 34.0. The first-order valence-electron chi connectivity index (χ1n) is 21.2. The number of fused-ring (bicyclic) bond motifs is 5. The second-order valence-corrected chi connectivity index (χ2v) is 15.9. The molecule has 0 saturated heterocycles. The second kappa shape index (κ2) is 14.9. The van der Waals surface area contributed by atoms with Crippen LogP contribution in [0.2, 0.25) is 0 Å². The van der Waals surface area contributed by atoms with Gasteiger partial charge in [0.05, 0.1) is 11.0 Å². The third-order valence-corrected chi connectivity index (χ3v) is 12.3. The largest absolute Gasteiger partial charge is 0.449 e. The summed E-state index contributed by atoms with van der Waals surface area (Å²) in [5.41, 5.74) is 13.4. The van der Waals surface area contributed by atoms with Gasteiger partial charge in [-0.05, 0) is 79.9 Å². The van der Waals surface area contributed by atoms with E-state index in [-0.39, 0.29) is 0 Å². The van der Waals surface area contributed by atoms with Crippen LogP contribution in [0.5, 0.6) is 23.0 Å². The van der Waals surface area contributed by atoms with Gasteiger partial charge in [0.2, 0.25) is 0 Å². The van der Waals surface area contributed by atoms with E-state index in [1.807, 2.05) is 30.3 Å². The summed E-state index contributed by atoms with van der Waals surface area (Å²) in [5, 5.41) is 0. The van der Waals surface area contributed by atoms with Crippen LogP contribution in [0.4, 0.5) is 0 Å². The quantitative estimate of drug-likeness (QED) is 0.161. The highest BCUT2D eigenvalue weighted by Gasteiger charge is 2.47.